The van der Waals surface area contributed by atoms with Gasteiger partial charge in [-0.15, -0.1) is 0 Å². The Bertz CT molecular complexity index is 1090. The lowest BCUT2D eigenvalue weighted by Crippen LogP contribution is -2.29. The number of anilines is 1. The second-order valence-corrected chi connectivity index (χ2v) is 6.77. The zero-order valence-electron chi connectivity index (χ0n) is 17.0. The van der Waals surface area contributed by atoms with Gasteiger partial charge in [-0.1, -0.05) is 36.4 Å². The van der Waals surface area contributed by atoms with E-state index in [9.17, 15) is 4.79 Å². The van der Waals surface area contributed by atoms with Crippen LogP contribution in [0.3, 0.4) is 0 Å². The van der Waals surface area contributed by atoms with Crippen molar-refractivity contribution in [3.8, 4) is 11.5 Å². The van der Waals surface area contributed by atoms with Crippen LogP contribution in [0.2, 0.25) is 0 Å². The molecule has 0 bridgehead atoms. The Labute approximate surface area is 174 Å². The first-order valence-electron chi connectivity index (χ1n) is 9.42. The van der Waals surface area contributed by atoms with Gasteiger partial charge in [0, 0.05) is 5.70 Å². The average molecular weight is 406 g/mol. The van der Waals surface area contributed by atoms with Gasteiger partial charge in [-0.2, -0.15) is 10.1 Å². The number of fused-ring (bicyclic) bond motifs is 1. The number of nitrogens with zero attached hydrogens (tertiary/aromatic N) is 3. The Kier molecular flexibility index (Phi) is 5.38. The Morgan fingerprint density at radius 3 is 2.67 bits per heavy atom. The summed E-state index contributed by atoms with van der Waals surface area (Å²) in [5.74, 6) is 1.28. The van der Waals surface area contributed by atoms with E-state index >= 15 is 0 Å². The van der Waals surface area contributed by atoms with E-state index in [0.717, 1.165) is 11.1 Å². The molecule has 0 amide bonds. The molecule has 1 aliphatic heterocycles. The molecule has 2 aromatic carbocycles. The molecule has 1 N–H and O–H groups in total. The number of allylic oxidation sites excluding steroid dienone is 1. The average Bonchev–Trinajstić information content (AvgIpc) is 3.24. The van der Waals surface area contributed by atoms with Crippen LogP contribution in [0, 0.1) is 0 Å². The molecule has 8 heteroatoms. The fourth-order valence-electron chi connectivity index (χ4n) is 3.48. The standard InChI is InChI=1S/C22H22N4O4/c1-14-19(21(27)29-3)20(26-22(25-14)23-13-24-26)16-9-10-17(18(11-16)28-2)30-12-15-7-5-4-6-8-15/h4-11,13,20H,12H2,1-3H3,(H,23,24,25)/t20-/m0/s1. The zero-order valence-corrected chi connectivity index (χ0v) is 17.0. The largest absolute Gasteiger partial charge is 0.493 e. The lowest BCUT2D eigenvalue weighted by atomic mass is 9.95. The third-order valence-corrected chi connectivity index (χ3v) is 4.94. The van der Waals surface area contributed by atoms with Crippen molar-refractivity contribution in [3.63, 3.8) is 0 Å². The normalized spacial score (nSPS) is 15.2. The van der Waals surface area contributed by atoms with Gasteiger partial charge in [0.1, 0.15) is 19.0 Å². The molecule has 4 rings (SSSR count). The smallest absolute Gasteiger partial charge is 0.338 e. The summed E-state index contributed by atoms with van der Waals surface area (Å²) in [7, 11) is 2.94. The Morgan fingerprint density at radius 1 is 1.13 bits per heavy atom. The van der Waals surface area contributed by atoms with Crippen LogP contribution in [-0.2, 0) is 16.1 Å². The molecule has 1 atom stereocenters. The third-order valence-electron chi connectivity index (χ3n) is 4.94. The van der Waals surface area contributed by atoms with Crippen LogP contribution >= 0.6 is 0 Å². The van der Waals surface area contributed by atoms with Gasteiger partial charge in [0.15, 0.2) is 11.5 Å². The van der Waals surface area contributed by atoms with Crippen LogP contribution in [0.4, 0.5) is 5.95 Å². The van der Waals surface area contributed by atoms with Crippen molar-refractivity contribution in [3.05, 3.63) is 77.3 Å². The van der Waals surface area contributed by atoms with Gasteiger partial charge in [-0.3, -0.25) is 0 Å². The Balaban J connectivity index is 1.70. The second kappa shape index (κ2) is 8.28. The van der Waals surface area contributed by atoms with E-state index in [1.54, 1.807) is 11.8 Å². The maximum atomic E-state index is 12.5. The number of carbonyl (C=O) groups is 1. The molecule has 3 aromatic rings. The van der Waals surface area contributed by atoms with Gasteiger partial charge in [0.2, 0.25) is 5.95 Å². The molecule has 0 radical (unpaired) electrons. The zero-order chi connectivity index (χ0) is 21.1. The van der Waals surface area contributed by atoms with E-state index in [0.29, 0.717) is 35.3 Å². The summed E-state index contributed by atoms with van der Waals surface area (Å²) in [5.41, 5.74) is 2.97. The number of ether oxygens (including phenoxy) is 3. The third kappa shape index (κ3) is 3.59. The van der Waals surface area contributed by atoms with Gasteiger partial charge in [-0.25, -0.2) is 9.48 Å². The highest BCUT2D eigenvalue weighted by atomic mass is 16.5. The summed E-state index contributed by atoms with van der Waals surface area (Å²) >= 11 is 0. The SMILES string of the molecule is COC(=O)C1=C(C)Nc2ncnn2[C@H]1c1ccc(OCc2ccccc2)c(OC)c1. The van der Waals surface area contributed by atoms with Crippen molar-refractivity contribution >= 4 is 11.9 Å². The predicted molar refractivity (Wildman–Crippen MR) is 110 cm³/mol. The fourth-order valence-corrected chi connectivity index (χ4v) is 3.48. The summed E-state index contributed by atoms with van der Waals surface area (Å²) < 4.78 is 18.2. The number of methoxy groups -OCH3 is 2. The highest BCUT2D eigenvalue weighted by molar-refractivity contribution is 5.92. The highest BCUT2D eigenvalue weighted by Crippen LogP contribution is 2.38. The lowest BCUT2D eigenvalue weighted by molar-refractivity contribution is -0.136. The number of aromatic nitrogens is 3. The summed E-state index contributed by atoms with van der Waals surface area (Å²) in [6.07, 6.45) is 1.44. The molecular formula is C22H22N4O4. The molecule has 0 saturated carbocycles. The van der Waals surface area contributed by atoms with Crippen molar-refractivity contribution in [2.45, 2.75) is 19.6 Å². The van der Waals surface area contributed by atoms with E-state index in [1.165, 1.54) is 13.4 Å². The number of hydrogen-bond acceptors (Lipinski definition) is 7. The number of rotatable bonds is 6. The van der Waals surface area contributed by atoms with Crippen molar-refractivity contribution < 1.29 is 19.0 Å². The maximum Gasteiger partial charge on any atom is 0.338 e. The van der Waals surface area contributed by atoms with Crippen LogP contribution in [0.5, 0.6) is 11.5 Å². The minimum absolute atomic E-state index is 0.420. The molecule has 1 aliphatic rings. The number of hydrogen-bond donors (Lipinski definition) is 1. The molecule has 30 heavy (non-hydrogen) atoms. The van der Waals surface area contributed by atoms with E-state index < -0.39 is 12.0 Å². The van der Waals surface area contributed by atoms with E-state index in [2.05, 4.69) is 15.4 Å². The molecule has 0 unspecified atom stereocenters. The topological polar surface area (TPSA) is 87.5 Å². The van der Waals surface area contributed by atoms with Gasteiger partial charge >= 0.3 is 5.97 Å². The fraction of sp³-hybridized carbons (Fsp3) is 0.227. The number of benzene rings is 2. The molecule has 0 saturated heterocycles. The molecule has 8 nitrogen and oxygen atoms in total. The summed E-state index contributed by atoms with van der Waals surface area (Å²) in [5, 5.41) is 7.39. The van der Waals surface area contributed by atoms with Gasteiger partial charge in [0.25, 0.3) is 0 Å². The van der Waals surface area contributed by atoms with Crippen molar-refractivity contribution in [1.29, 1.82) is 0 Å². The molecule has 0 aliphatic carbocycles. The van der Waals surface area contributed by atoms with Crippen LogP contribution in [0.1, 0.15) is 24.1 Å². The molecule has 0 fully saturated rings. The van der Waals surface area contributed by atoms with E-state index in [-0.39, 0.29) is 0 Å². The van der Waals surface area contributed by atoms with Gasteiger partial charge in [-0.05, 0) is 30.2 Å². The first-order valence-corrected chi connectivity index (χ1v) is 9.42. The molecule has 1 aromatic heterocycles. The second-order valence-electron chi connectivity index (χ2n) is 6.77. The monoisotopic (exact) mass is 406 g/mol. The first kappa shape index (κ1) is 19.5. The summed E-state index contributed by atoms with van der Waals surface area (Å²) in [6.45, 7) is 2.23. The maximum absolute atomic E-state index is 12.5. The van der Waals surface area contributed by atoms with E-state index in [4.69, 9.17) is 14.2 Å². The minimum atomic E-state index is -0.506. The Hall–Kier alpha value is -3.81. The van der Waals surface area contributed by atoms with Gasteiger partial charge < -0.3 is 19.5 Å². The van der Waals surface area contributed by atoms with Crippen LogP contribution in [-0.4, -0.2) is 35.0 Å². The van der Waals surface area contributed by atoms with E-state index in [1.807, 2.05) is 55.5 Å². The summed E-state index contributed by atoms with van der Waals surface area (Å²) in [6, 6.07) is 15.0. The van der Waals surface area contributed by atoms with Crippen molar-refractivity contribution in [2.75, 3.05) is 19.5 Å². The number of nitrogens with one attached hydrogen (secondary N) is 1. The highest BCUT2D eigenvalue weighted by Gasteiger charge is 2.34. The van der Waals surface area contributed by atoms with Gasteiger partial charge in [0.05, 0.1) is 19.8 Å². The number of esters is 1. The van der Waals surface area contributed by atoms with Crippen LogP contribution < -0.4 is 14.8 Å². The number of carbonyl (C=O) groups excluding carboxylic acids is 1. The molecule has 154 valence electrons. The molecule has 2 heterocycles. The lowest BCUT2D eigenvalue weighted by Gasteiger charge is -2.28. The summed E-state index contributed by atoms with van der Waals surface area (Å²) in [4.78, 5) is 16.8. The minimum Gasteiger partial charge on any atom is -0.493 e. The quantitative estimate of drug-likeness (QED) is 0.628. The molecular weight excluding hydrogens is 384 g/mol. The predicted octanol–water partition coefficient (Wildman–Crippen LogP) is 3.33. The van der Waals surface area contributed by atoms with Crippen molar-refractivity contribution in [2.24, 2.45) is 0 Å². The molecule has 0 spiro atoms. The first-order chi connectivity index (χ1) is 14.6. The van der Waals surface area contributed by atoms with Crippen LogP contribution in [0.25, 0.3) is 0 Å². The van der Waals surface area contributed by atoms with Crippen molar-refractivity contribution in [1.82, 2.24) is 14.8 Å². The van der Waals surface area contributed by atoms with Crippen LogP contribution in [0.15, 0.2) is 66.1 Å². The Morgan fingerprint density at radius 2 is 1.93 bits per heavy atom.